The number of rotatable bonds is 8. The minimum Gasteiger partial charge on any atom is -0.490 e. The van der Waals surface area contributed by atoms with Gasteiger partial charge in [0.2, 0.25) is 0 Å². The standard InChI is InChI=1S/C23H22F7NO4/c24-21(13-35-17-3-1-2-14(9-17)19(32)10-20(33)34)6-7-31(12-21)11-15-8-16(22(25,26)27)4-5-18(15)23(28,29)30/h1-5,8-9,19,32H,6-7,10-13H2,(H,33,34)/t19-,21?/m1/s1. The van der Waals surface area contributed by atoms with Crippen LogP contribution in [0.3, 0.4) is 0 Å². The van der Waals surface area contributed by atoms with E-state index in [9.17, 15) is 36.2 Å². The zero-order chi connectivity index (χ0) is 26.0. The Morgan fingerprint density at radius 1 is 1.09 bits per heavy atom. The first-order chi connectivity index (χ1) is 16.2. The predicted molar refractivity (Wildman–Crippen MR) is 109 cm³/mol. The second-order valence-electron chi connectivity index (χ2n) is 8.45. The second kappa shape index (κ2) is 10.0. The van der Waals surface area contributed by atoms with E-state index in [4.69, 9.17) is 9.84 Å². The van der Waals surface area contributed by atoms with Gasteiger partial charge >= 0.3 is 18.3 Å². The molecule has 2 N–H and O–H groups in total. The van der Waals surface area contributed by atoms with Gasteiger partial charge in [0.25, 0.3) is 0 Å². The number of alkyl halides is 7. The summed E-state index contributed by atoms with van der Waals surface area (Å²) in [5.41, 5.74) is -4.77. The van der Waals surface area contributed by atoms with Crippen LogP contribution >= 0.6 is 0 Å². The molecule has 0 saturated carbocycles. The van der Waals surface area contributed by atoms with Crippen LogP contribution in [0.1, 0.15) is 41.2 Å². The molecule has 2 aromatic rings. The van der Waals surface area contributed by atoms with Gasteiger partial charge in [-0.15, -0.1) is 0 Å². The Kier molecular flexibility index (Phi) is 7.65. The van der Waals surface area contributed by atoms with Crippen molar-refractivity contribution in [3.05, 3.63) is 64.7 Å². The summed E-state index contributed by atoms with van der Waals surface area (Å²) in [7, 11) is 0. The van der Waals surface area contributed by atoms with E-state index in [1.54, 1.807) is 0 Å². The highest BCUT2D eigenvalue weighted by Crippen LogP contribution is 2.38. The largest absolute Gasteiger partial charge is 0.490 e. The maximum atomic E-state index is 15.3. The van der Waals surface area contributed by atoms with E-state index in [2.05, 4.69) is 0 Å². The maximum Gasteiger partial charge on any atom is 0.416 e. The fraction of sp³-hybridized carbons (Fsp3) is 0.435. The van der Waals surface area contributed by atoms with Gasteiger partial charge in [0.05, 0.1) is 23.7 Å². The van der Waals surface area contributed by atoms with Crippen LogP contribution in [0.4, 0.5) is 30.7 Å². The third kappa shape index (κ3) is 7.07. The summed E-state index contributed by atoms with van der Waals surface area (Å²) in [4.78, 5) is 12.0. The van der Waals surface area contributed by atoms with Crippen molar-refractivity contribution in [1.29, 1.82) is 0 Å². The van der Waals surface area contributed by atoms with Crippen molar-refractivity contribution in [3.63, 3.8) is 0 Å². The Bertz CT molecular complexity index is 1060. The molecule has 0 spiro atoms. The number of carbonyl (C=O) groups is 1. The molecule has 1 heterocycles. The van der Waals surface area contributed by atoms with Gasteiger partial charge < -0.3 is 14.9 Å². The fourth-order valence-electron chi connectivity index (χ4n) is 3.90. The summed E-state index contributed by atoms with van der Waals surface area (Å²) in [6, 6.07) is 6.94. The molecule has 5 nitrogen and oxygen atoms in total. The van der Waals surface area contributed by atoms with Crippen molar-refractivity contribution >= 4 is 5.97 Å². The van der Waals surface area contributed by atoms with E-state index in [-0.39, 0.29) is 30.8 Å². The van der Waals surface area contributed by atoms with Crippen molar-refractivity contribution in [1.82, 2.24) is 4.90 Å². The highest BCUT2D eigenvalue weighted by atomic mass is 19.4. The molecule has 1 fully saturated rings. The zero-order valence-electron chi connectivity index (χ0n) is 18.2. The van der Waals surface area contributed by atoms with Crippen LogP contribution in [0, 0.1) is 0 Å². The minimum atomic E-state index is -4.87. The lowest BCUT2D eigenvalue weighted by molar-refractivity contribution is -0.142. The van der Waals surface area contributed by atoms with Crippen molar-refractivity contribution in [3.8, 4) is 5.75 Å². The first kappa shape index (κ1) is 26.7. The summed E-state index contributed by atoms with van der Waals surface area (Å²) in [5.74, 6) is -1.06. The summed E-state index contributed by atoms with van der Waals surface area (Å²) in [6.45, 7) is -1.37. The Hall–Kier alpha value is -2.86. The van der Waals surface area contributed by atoms with E-state index >= 15 is 4.39 Å². The number of benzene rings is 2. The number of aliphatic hydroxyl groups is 1. The molecule has 0 bridgehead atoms. The van der Waals surface area contributed by atoms with Crippen LogP contribution in [-0.4, -0.2) is 46.4 Å². The van der Waals surface area contributed by atoms with Gasteiger partial charge in [-0.05, 0) is 47.9 Å². The number of hydrogen-bond donors (Lipinski definition) is 2. The smallest absolute Gasteiger partial charge is 0.416 e. The van der Waals surface area contributed by atoms with E-state index in [1.807, 2.05) is 0 Å². The third-order valence-corrected chi connectivity index (χ3v) is 5.62. The average molecular weight is 509 g/mol. The lowest BCUT2D eigenvalue weighted by Crippen LogP contribution is -2.35. The maximum absolute atomic E-state index is 15.3. The van der Waals surface area contributed by atoms with Crippen molar-refractivity contribution in [2.45, 2.75) is 43.5 Å². The number of likely N-dealkylation sites (tertiary alicyclic amines) is 1. The Labute approximate surface area is 195 Å². The third-order valence-electron chi connectivity index (χ3n) is 5.62. The molecule has 0 amide bonds. The molecule has 1 saturated heterocycles. The highest BCUT2D eigenvalue weighted by molar-refractivity contribution is 5.67. The number of ether oxygens (including phenoxy) is 1. The molecule has 0 aliphatic carbocycles. The minimum absolute atomic E-state index is 0.00473. The van der Waals surface area contributed by atoms with Gasteiger partial charge in [-0.3, -0.25) is 9.69 Å². The number of hydrogen-bond acceptors (Lipinski definition) is 4. The van der Waals surface area contributed by atoms with Gasteiger partial charge in [-0.2, -0.15) is 26.3 Å². The van der Waals surface area contributed by atoms with Crippen LogP contribution in [0.2, 0.25) is 0 Å². The number of carboxylic acids is 1. The quantitative estimate of drug-likeness (QED) is 0.478. The molecule has 2 aromatic carbocycles. The number of aliphatic hydroxyl groups excluding tert-OH is 1. The Morgan fingerprint density at radius 2 is 1.80 bits per heavy atom. The van der Waals surface area contributed by atoms with Crippen LogP contribution in [-0.2, 0) is 23.7 Å². The predicted octanol–water partition coefficient (Wildman–Crippen LogP) is 5.23. The molecule has 1 aliphatic rings. The van der Waals surface area contributed by atoms with Crippen LogP contribution < -0.4 is 4.74 Å². The SMILES string of the molecule is O=C(O)C[C@@H](O)c1cccc(OCC2(F)CCN(Cc3cc(C(F)(F)F)ccc3C(F)(F)F)C2)c1. The number of carboxylic acid groups (broad SMARTS) is 1. The highest BCUT2D eigenvalue weighted by Gasteiger charge is 2.41. The van der Waals surface area contributed by atoms with Gasteiger partial charge in [0, 0.05) is 19.6 Å². The topological polar surface area (TPSA) is 70.0 Å². The lowest BCUT2D eigenvalue weighted by Gasteiger charge is -2.23. The first-order valence-electron chi connectivity index (χ1n) is 10.5. The van der Waals surface area contributed by atoms with Gasteiger partial charge in [0.15, 0.2) is 5.67 Å². The van der Waals surface area contributed by atoms with E-state index < -0.39 is 66.4 Å². The summed E-state index contributed by atoms with van der Waals surface area (Å²) >= 11 is 0. The van der Waals surface area contributed by atoms with Gasteiger partial charge in [0.1, 0.15) is 12.4 Å². The molecule has 2 atom stereocenters. The van der Waals surface area contributed by atoms with Crippen molar-refractivity contribution in [2.75, 3.05) is 19.7 Å². The van der Waals surface area contributed by atoms with Crippen LogP contribution in [0.15, 0.2) is 42.5 Å². The average Bonchev–Trinajstić information content (AvgIpc) is 3.11. The molecule has 1 aliphatic heterocycles. The number of nitrogens with zero attached hydrogens (tertiary/aromatic N) is 1. The number of halogens is 7. The van der Waals surface area contributed by atoms with E-state index in [1.165, 1.54) is 29.2 Å². The number of aliphatic carboxylic acids is 1. The van der Waals surface area contributed by atoms with Crippen LogP contribution in [0.25, 0.3) is 0 Å². The summed E-state index contributed by atoms with van der Waals surface area (Å²) in [6.07, 6.45) is -11.7. The normalized spacial score (nSPS) is 20.1. The second-order valence-corrected chi connectivity index (χ2v) is 8.45. The lowest BCUT2D eigenvalue weighted by atomic mass is 10.0. The molecule has 1 unspecified atom stereocenters. The molecule has 12 heteroatoms. The Morgan fingerprint density at radius 3 is 2.43 bits per heavy atom. The molecule has 0 radical (unpaired) electrons. The molecule has 35 heavy (non-hydrogen) atoms. The zero-order valence-corrected chi connectivity index (χ0v) is 18.2. The molecular weight excluding hydrogens is 487 g/mol. The van der Waals surface area contributed by atoms with E-state index in [0.29, 0.717) is 18.2 Å². The van der Waals surface area contributed by atoms with Crippen molar-refractivity contribution in [2.24, 2.45) is 0 Å². The molecule has 3 rings (SSSR count). The fourth-order valence-corrected chi connectivity index (χ4v) is 3.90. The van der Waals surface area contributed by atoms with Gasteiger partial charge in [-0.25, -0.2) is 4.39 Å². The summed E-state index contributed by atoms with van der Waals surface area (Å²) < 4.78 is 99.8. The summed E-state index contributed by atoms with van der Waals surface area (Å²) in [5, 5.41) is 18.7. The van der Waals surface area contributed by atoms with Crippen molar-refractivity contribution < 1.29 is 50.5 Å². The van der Waals surface area contributed by atoms with Crippen LogP contribution in [0.5, 0.6) is 5.75 Å². The first-order valence-corrected chi connectivity index (χ1v) is 10.5. The van der Waals surface area contributed by atoms with Gasteiger partial charge in [-0.1, -0.05) is 12.1 Å². The monoisotopic (exact) mass is 509 g/mol. The molecule has 192 valence electrons. The van der Waals surface area contributed by atoms with E-state index in [0.717, 1.165) is 0 Å². The Balaban J connectivity index is 1.68. The molecule has 0 aromatic heterocycles. The molecular formula is C23H22F7NO4.